The van der Waals surface area contributed by atoms with Gasteiger partial charge in [-0.15, -0.1) is 0 Å². The Kier molecular flexibility index (Phi) is 4.60. The molecule has 30 heavy (non-hydrogen) atoms. The van der Waals surface area contributed by atoms with Crippen LogP contribution in [0.15, 0.2) is 0 Å². The molecule has 1 N–H and O–H groups in total. The van der Waals surface area contributed by atoms with Gasteiger partial charge in [0.2, 0.25) is 0 Å². The summed E-state index contributed by atoms with van der Waals surface area (Å²) >= 11 is 0. The maximum atomic E-state index is 7.05. The van der Waals surface area contributed by atoms with Gasteiger partial charge >= 0.3 is 0 Å². The van der Waals surface area contributed by atoms with Gasteiger partial charge in [0.1, 0.15) is 5.72 Å². The molecule has 0 unspecified atom stereocenters. The molecule has 6 aliphatic rings. The fourth-order valence-electron chi connectivity index (χ4n) is 10.7. The van der Waals surface area contributed by atoms with Crippen LogP contribution in [0.1, 0.15) is 98.8 Å². The van der Waals surface area contributed by atoms with E-state index in [0.717, 1.165) is 48.0 Å². The Morgan fingerprint density at radius 1 is 0.767 bits per heavy atom. The van der Waals surface area contributed by atoms with Crippen LogP contribution in [0.4, 0.5) is 0 Å². The van der Waals surface area contributed by atoms with E-state index in [4.69, 9.17) is 4.74 Å². The third kappa shape index (κ3) is 2.62. The van der Waals surface area contributed by atoms with Crippen molar-refractivity contribution in [3.05, 3.63) is 0 Å². The fourth-order valence-corrected chi connectivity index (χ4v) is 10.7. The first-order chi connectivity index (χ1) is 14.3. The highest BCUT2D eigenvalue weighted by Crippen LogP contribution is 2.71. The Hall–Kier alpha value is -0.0800. The molecule has 0 radical (unpaired) electrons. The van der Waals surface area contributed by atoms with E-state index in [2.05, 4.69) is 39.9 Å². The Labute approximate surface area is 185 Å². The average molecular weight is 414 g/mol. The Morgan fingerprint density at radius 2 is 1.53 bits per heavy atom. The van der Waals surface area contributed by atoms with E-state index in [1.807, 2.05) is 0 Å². The lowest BCUT2D eigenvalue weighted by Crippen LogP contribution is -2.57. The van der Waals surface area contributed by atoms with Gasteiger partial charge in [-0.05, 0) is 110 Å². The van der Waals surface area contributed by atoms with Gasteiger partial charge in [-0.2, -0.15) is 0 Å². The summed E-state index contributed by atoms with van der Waals surface area (Å²) in [5.74, 6) is 7.14. The summed E-state index contributed by atoms with van der Waals surface area (Å²) in [5, 5.41) is 3.92. The molecule has 0 bridgehead atoms. The fraction of sp³-hybridized carbons (Fsp3) is 1.00. The van der Waals surface area contributed by atoms with Gasteiger partial charge in [0.05, 0.1) is 6.10 Å². The zero-order valence-electron chi connectivity index (χ0n) is 20.4. The molecular weight excluding hydrogens is 366 g/mol. The quantitative estimate of drug-likeness (QED) is 0.480. The minimum Gasteiger partial charge on any atom is -0.357 e. The number of ether oxygens (including phenoxy) is 1. The Morgan fingerprint density at radius 3 is 2.30 bits per heavy atom. The summed E-state index contributed by atoms with van der Waals surface area (Å²) in [7, 11) is 0. The monoisotopic (exact) mass is 413 g/mol. The molecule has 0 aromatic rings. The minimum absolute atomic E-state index is 0.00415. The topological polar surface area (TPSA) is 21.3 Å². The first-order valence-electron chi connectivity index (χ1n) is 13.7. The summed E-state index contributed by atoms with van der Waals surface area (Å²) in [6, 6.07) is 0. The molecule has 2 saturated heterocycles. The van der Waals surface area contributed by atoms with Crippen molar-refractivity contribution in [2.45, 2.75) is 111 Å². The van der Waals surface area contributed by atoms with Crippen LogP contribution in [0.3, 0.4) is 0 Å². The highest BCUT2D eigenvalue weighted by Gasteiger charge is 2.68. The largest absolute Gasteiger partial charge is 0.357 e. The molecule has 2 heteroatoms. The van der Waals surface area contributed by atoms with Crippen LogP contribution < -0.4 is 5.32 Å². The van der Waals surface area contributed by atoms with Crippen molar-refractivity contribution in [1.29, 1.82) is 0 Å². The third-order valence-electron chi connectivity index (χ3n) is 12.4. The van der Waals surface area contributed by atoms with Crippen molar-refractivity contribution in [3.8, 4) is 0 Å². The SMILES string of the molecule is C[C@@H]1CC[C@@]2(NC1)O[C@H]1C[C@H]3[C@H]4CC[C@H]5C[C@@H](C)CC[C@]5(C)[C@H]4CC[C@]3(C)[C@H]1[C@@H]2C. The predicted octanol–water partition coefficient (Wildman–Crippen LogP) is 6.64. The van der Waals surface area contributed by atoms with Crippen LogP contribution in [0, 0.1) is 58.2 Å². The number of fused-ring (bicyclic) bond motifs is 7. The summed E-state index contributed by atoms with van der Waals surface area (Å²) in [6.45, 7) is 14.0. The normalized spacial score (nSPS) is 62.5. The number of nitrogens with one attached hydrogen (secondary N) is 1. The smallest absolute Gasteiger partial charge is 0.122 e. The van der Waals surface area contributed by atoms with Gasteiger partial charge < -0.3 is 4.74 Å². The highest BCUT2D eigenvalue weighted by atomic mass is 16.5. The van der Waals surface area contributed by atoms with Crippen LogP contribution in [-0.4, -0.2) is 18.4 Å². The van der Waals surface area contributed by atoms with Crippen LogP contribution in [-0.2, 0) is 4.74 Å². The first-order valence-corrected chi connectivity index (χ1v) is 13.7. The van der Waals surface area contributed by atoms with Gasteiger partial charge in [-0.3, -0.25) is 5.32 Å². The summed E-state index contributed by atoms with van der Waals surface area (Å²) in [6.07, 6.45) is 15.0. The van der Waals surface area contributed by atoms with Crippen LogP contribution in [0.2, 0.25) is 0 Å². The molecule has 0 aromatic heterocycles. The van der Waals surface area contributed by atoms with Crippen molar-refractivity contribution >= 4 is 0 Å². The molecule has 2 heterocycles. The molecule has 2 nitrogen and oxygen atoms in total. The maximum Gasteiger partial charge on any atom is 0.122 e. The van der Waals surface area contributed by atoms with Crippen molar-refractivity contribution in [2.75, 3.05) is 6.54 Å². The predicted molar refractivity (Wildman–Crippen MR) is 123 cm³/mol. The molecule has 170 valence electrons. The molecule has 0 amide bonds. The van der Waals surface area contributed by atoms with E-state index in [9.17, 15) is 0 Å². The molecule has 6 fully saturated rings. The van der Waals surface area contributed by atoms with E-state index in [1.165, 1.54) is 64.2 Å². The van der Waals surface area contributed by atoms with Gasteiger partial charge in [0.25, 0.3) is 0 Å². The first kappa shape index (κ1) is 20.5. The van der Waals surface area contributed by atoms with Crippen molar-refractivity contribution in [1.82, 2.24) is 5.32 Å². The zero-order valence-corrected chi connectivity index (χ0v) is 20.4. The van der Waals surface area contributed by atoms with Gasteiger partial charge in [-0.1, -0.05) is 41.0 Å². The van der Waals surface area contributed by atoms with Gasteiger partial charge in [0, 0.05) is 12.5 Å². The standard InChI is InChI=1S/C28H47NO/c1-17-8-11-26(4)20(14-17)6-7-21-22(26)10-12-27(5)23(21)15-24-25(27)19(3)28(30-24)13-9-18(2)16-29-28/h17-25,29H,6-16H2,1-5H3/t17-,18+,19-,20-,21-,22-,23-,24-,25-,26-,27-,28+/m0/s1. The molecule has 6 rings (SSSR count). The Balaban J connectivity index is 1.26. The summed E-state index contributed by atoms with van der Waals surface area (Å²) in [5.41, 5.74) is 1.16. The average Bonchev–Trinajstić information content (AvgIpc) is 3.16. The lowest BCUT2D eigenvalue weighted by molar-refractivity contribution is -0.135. The summed E-state index contributed by atoms with van der Waals surface area (Å²) < 4.78 is 7.05. The molecule has 2 aliphatic heterocycles. The van der Waals surface area contributed by atoms with Crippen molar-refractivity contribution in [3.63, 3.8) is 0 Å². The minimum atomic E-state index is -0.00415. The van der Waals surface area contributed by atoms with Crippen LogP contribution >= 0.6 is 0 Å². The van der Waals surface area contributed by atoms with E-state index < -0.39 is 0 Å². The number of piperidine rings is 1. The molecule has 12 atom stereocenters. The second-order valence-electron chi connectivity index (χ2n) is 13.7. The van der Waals surface area contributed by atoms with Gasteiger partial charge in [0.15, 0.2) is 0 Å². The van der Waals surface area contributed by atoms with Crippen LogP contribution in [0.5, 0.6) is 0 Å². The van der Waals surface area contributed by atoms with Crippen molar-refractivity contribution in [2.24, 2.45) is 58.2 Å². The van der Waals surface area contributed by atoms with E-state index in [-0.39, 0.29) is 5.72 Å². The molecule has 4 saturated carbocycles. The third-order valence-corrected chi connectivity index (χ3v) is 12.4. The number of rotatable bonds is 0. The summed E-state index contributed by atoms with van der Waals surface area (Å²) in [4.78, 5) is 0. The molecular formula is C28H47NO. The maximum absolute atomic E-state index is 7.05. The van der Waals surface area contributed by atoms with E-state index in [0.29, 0.717) is 22.9 Å². The van der Waals surface area contributed by atoms with Crippen LogP contribution in [0.25, 0.3) is 0 Å². The zero-order chi connectivity index (χ0) is 20.9. The molecule has 0 aromatic carbocycles. The molecule has 1 spiro atoms. The number of hydrogen-bond donors (Lipinski definition) is 1. The van der Waals surface area contributed by atoms with Crippen molar-refractivity contribution < 1.29 is 4.74 Å². The lowest BCUT2D eigenvalue weighted by Gasteiger charge is -2.61. The number of hydrogen-bond acceptors (Lipinski definition) is 2. The lowest BCUT2D eigenvalue weighted by atomic mass is 9.44. The second-order valence-corrected chi connectivity index (χ2v) is 13.7. The van der Waals surface area contributed by atoms with Gasteiger partial charge in [-0.25, -0.2) is 0 Å². The Bertz CT molecular complexity index is 682. The van der Waals surface area contributed by atoms with E-state index >= 15 is 0 Å². The molecule has 4 aliphatic carbocycles. The van der Waals surface area contributed by atoms with E-state index in [1.54, 1.807) is 0 Å². The highest BCUT2D eigenvalue weighted by molar-refractivity contribution is 5.16. The second kappa shape index (κ2) is 6.72.